The molecule has 2 aromatic carbocycles. The largest absolute Gasteiger partial charge is 0.335 e. The summed E-state index contributed by atoms with van der Waals surface area (Å²) in [5.41, 5.74) is 3.82. The van der Waals surface area contributed by atoms with Crippen LogP contribution in [0, 0.1) is 6.92 Å². The van der Waals surface area contributed by atoms with E-state index in [1.807, 2.05) is 11.8 Å². The minimum atomic E-state index is 0.974. The molecule has 0 aromatic heterocycles. The van der Waals surface area contributed by atoms with E-state index in [4.69, 9.17) is 0 Å². The molecule has 3 heteroatoms. The maximum Gasteiger partial charge on any atom is 0.0804 e. The normalized spacial score (nSPS) is 14.5. The lowest BCUT2D eigenvalue weighted by molar-refractivity contribution is 1.00. The minimum absolute atomic E-state index is 0.974. The van der Waals surface area contributed by atoms with Crippen LogP contribution in [-0.4, -0.2) is 6.54 Å². The summed E-state index contributed by atoms with van der Waals surface area (Å²) in [7, 11) is 0. The van der Waals surface area contributed by atoms with E-state index in [1.165, 1.54) is 38.1 Å². The third-order valence-corrected chi connectivity index (χ3v) is 6.20. The SMILES string of the molecule is C=C(/C=C(C)/C=C1\Sc2ccccc2N1CC)Sc1ccccc1C.CCC. The molecular formula is C25H31NS2. The van der Waals surface area contributed by atoms with Crippen molar-refractivity contribution in [2.45, 2.75) is 50.8 Å². The fourth-order valence-corrected chi connectivity index (χ4v) is 4.96. The molecule has 0 spiro atoms. The van der Waals surface area contributed by atoms with E-state index >= 15 is 0 Å². The number of hydrogen-bond donors (Lipinski definition) is 0. The molecule has 0 unspecified atom stereocenters. The number of allylic oxidation sites excluding steroid dienone is 3. The molecule has 0 atom stereocenters. The highest BCUT2D eigenvalue weighted by Gasteiger charge is 2.22. The van der Waals surface area contributed by atoms with E-state index in [-0.39, 0.29) is 0 Å². The molecule has 0 fully saturated rings. The first-order valence-electron chi connectivity index (χ1n) is 9.86. The van der Waals surface area contributed by atoms with Gasteiger partial charge in [-0.1, -0.05) is 80.7 Å². The predicted octanol–water partition coefficient (Wildman–Crippen LogP) is 8.44. The number of anilines is 1. The fourth-order valence-electron chi connectivity index (χ4n) is 2.82. The van der Waals surface area contributed by atoms with Crippen molar-refractivity contribution >= 4 is 29.2 Å². The van der Waals surface area contributed by atoms with Gasteiger partial charge in [-0.05, 0) is 62.3 Å². The number of rotatable bonds is 5. The molecule has 1 aliphatic heterocycles. The lowest BCUT2D eigenvalue weighted by atomic mass is 10.2. The van der Waals surface area contributed by atoms with Gasteiger partial charge in [0.15, 0.2) is 0 Å². The second kappa shape index (κ2) is 11.2. The van der Waals surface area contributed by atoms with Crippen molar-refractivity contribution in [3.05, 3.63) is 88.3 Å². The minimum Gasteiger partial charge on any atom is -0.335 e. The quantitative estimate of drug-likeness (QED) is 0.360. The number of hydrogen-bond acceptors (Lipinski definition) is 3. The van der Waals surface area contributed by atoms with Gasteiger partial charge >= 0.3 is 0 Å². The Hall–Kier alpha value is -1.84. The van der Waals surface area contributed by atoms with Crippen LogP contribution in [-0.2, 0) is 0 Å². The average Bonchev–Trinajstić information content (AvgIpc) is 3.00. The first kappa shape index (κ1) is 22.4. The lowest BCUT2D eigenvalue weighted by Crippen LogP contribution is -2.16. The standard InChI is InChI=1S/C22H23NS2.C3H8/c1-5-23-19-11-7-9-13-21(19)25-22(23)15-16(2)14-18(4)24-20-12-8-6-10-17(20)3;1-3-2/h6-15H,4-5H2,1-3H3;3H2,1-2H3/b16-14+,22-15-;. The Morgan fingerprint density at radius 2 is 1.71 bits per heavy atom. The van der Waals surface area contributed by atoms with E-state index in [9.17, 15) is 0 Å². The van der Waals surface area contributed by atoms with Crippen molar-refractivity contribution in [1.82, 2.24) is 0 Å². The smallest absolute Gasteiger partial charge is 0.0804 e. The monoisotopic (exact) mass is 409 g/mol. The van der Waals surface area contributed by atoms with Crippen molar-refractivity contribution in [2.75, 3.05) is 11.4 Å². The van der Waals surface area contributed by atoms with Crippen LogP contribution >= 0.6 is 23.5 Å². The van der Waals surface area contributed by atoms with E-state index < -0.39 is 0 Å². The number of fused-ring (bicyclic) bond motifs is 1. The molecule has 0 saturated carbocycles. The Labute approximate surface area is 179 Å². The van der Waals surface area contributed by atoms with Gasteiger partial charge in [0.1, 0.15) is 0 Å². The van der Waals surface area contributed by atoms with Gasteiger partial charge in [-0.3, -0.25) is 0 Å². The first-order chi connectivity index (χ1) is 13.5. The van der Waals surface area contributed by atoms with Gasteiger partial charge in [-0.25, -0.2) is 0 Å². The topological polar surface area (TPSA) is 3.24 Å². The Morgan fingerprint density at radius 3 is 2.39 bits per heavy atom. The summed E-state index contributed by atoms with van der Waals surface area (Å²) in [4.78, 5) is 6.03. The summed E-state index contributed by atoms with van der Waals surface area (Å²) in [5.74, 6) is 0. The molecule has 2 aromatic rings. The number of aryl methyl sites for hydroxylation is 1. The van der Waals surface area contributed by atoms with E-state index in [1.54, 1.807) is 11.8 Å². The van der Waals surface area contributed by atoms with Crippen LogP contribution in [0.15, 0.2) is 92.6 Å². The summed E-state index contributed by atoms with van der Waals surface area (Å²) in [6, 6.07) is 17.0. The van der Waals surface area contributed by atoms with Gasteiger partial charge in [0.25, 0.3) is 0 Å². The number of para-hydroxylation sites is 1. The molecule has 0 amide bonds. The van der Waals surface area contributed by atoms with Crippen LogP contribution in [0.5, 0.6) is 0 Å². The lowest BCUT2D eigenvalue weighted by Gasteiger charge is -2.18. The molecule has 148 valence electrons. The Kier molecular flexibility index (Phi) is 9.01. The van der Waals surface area contributed by atoms with E-state index in [0.29, 0.717) is 0 Å². The number of thioether (sulfide) groups is 2. The van der Waals surface area contributed by atoms with Gasteiger partial charge in [0.2, 0.25) is 0 Å². The second-order valence-electron chi connectivity index (χ2n) is 6.73. The summed E-state index contributed by atoms with van der Waals surface area (Å²) < 4.78 is 0. The second-order valence-corrected chi connectivity index (χ2v) is 8.96. The molecule has 1 aliphatic rings. The zero-order chi connectivity index (χ0) is 20.5. The van der Waals surface area contributed by atoms with Gasteiger partial charge < -0.3 is 4.90 Å². The molecule has 0 N–H and O–H groups in total. The zero-order valence-electron chi connectivity index (χ0n) is 17.7. The molecule has 1 nitrogen and oxygen atoms in total. The first-order valence-corrected chi connectivity index (χ1v) is 11.5. The summed E-state index contributed by atoms with van der Waals surface area (Å²) in [6.45, 7) is 15.9. The van der Waals surface area contributed by atoms with Crippen LogP contribution in [0.1, 0.15) is 39.7 Å². The van der Waals surface area contributed by atoms with Crippen LogP contribution in [0.3, 0.4) is 0 Å². The van der Waals surface area contributed by atoms with Gasteiger partial charge in [0.05, 0.1) is 10.7 Å². The third kappa shape index (κ3) is 6.08. The summed E-state index contributed by atoms with van der Waals surface area (Å²) >= 11 is 3.57. The third-order valence-electron chi connectivity index (χ3n) is 4.03. The van der Waals surface area contributed by atoms with Crippen molar-refractivity contribution < 1.29 is 0 Å². The Morgan fingerprint density at radius 1 is 1.07 bits per heavy atom. The van der Waals surface area contributed by atoms with Crippen LogP contribution in [0.4, 0.5) is 5.69 Å². The van der Waals surface area contributed by atoms with Gasteiger partial charge in [-0.15, -0.1) is 0 Å². The van der Waals surface area contributed by atoms with Crippen LogP contribution in [0.2, 0.25) is 0 Å². The number of benzene rings is 2. The van der Waals surface area contributed by atoms with Crippen molar-refractivity contribution in [2.24, 2.45) is 0 Å². The molecular weight excluding hydrogens is 378 g/mol. The maximum atomic E-state index is 4.22. The van der Waals surface area contributed by atoms with Crippen molar-refractivity contribution in [1.29, 1.82) is 0 Å². The molecule has 28 heavy (non-hydrogen) atoms. The highest BCUT2D eigenvalue weighted by molar-refractivity contribution is 8.03. The molecule has 1 heterocycles. The number of nitrogens with zero attached hydrogens (tertiary/aromatic N) is 1. The molecule has 0 radical (unpaired) electrons. The average molecular weight is 410 g/mol. The zero-order valence-corrected chi connectivity index (χ0v) is 19.3. The predicted molar refractivity (Wildman–Crippen MR) is 129 cm³/mol. The maximum absolute atomic E-state index is 4.22. The van der Waals surface area contributed by atoms with E-state index in [2.05, 4.69) is 107 Å². The van der Waals surface area contributed by atoms with Crippen LogP contribution < -0.4 is 4.90 Å². The fraction of sp³-hybridized carbons (Fsp3) is 0.280. The van der Waals surface area contributed by atoms with Crippen molar-refractivity contribution in [3.63, 3.8) is 0 Å². The highest BCUT2D eigenvalue weighted by atomic mass is 32.2. The van der Waals surface area contributed by atoms with Crippen molar-refractivity contribution in [3.8, 4) is 0 Å². The Bertz CT molecular complexity index is 864. The molecule has 0 bridgehead atoms. The summed E-state index contributed by atoms with van der Waals surface area (Å²) in [6.07, 6.45) is 5.68. The van der Waals surface area contributed by atoms with E-state index in [0.717, 1.165) is 11.4 Å². The van der Waals surface area contributed by atoms with Crippen LogP contribution in [0.25, 0.3) is 0 Å². The van der Waals surface area contributed by atoms with Gasteiger partial charge in [-0.2, -0.15) is 0 Å². The Balaban J connectivity index is 0.000000878. The highest BCUT2D eigenvalue weighted by Crippen LogP contribution is 2.46. The summed E-state index contributed by atoms with van der Waals surface area (Å²) in [5, 5.41) is 1.28. The van der Waals surface area contributed by atoms with Gasteiger partial charge in [0, 0.05) is 21.2 Å². The molecule has 3 rings (SSSR count). The molecule has 0 aliphatic carbocycles. The molecule has 0 saturated heterocycles.